The molecule has 0 radical (unpaired) electrons. The fourth-order valence-electron chi connectivity index (χ4n) is 3.66. The summed E-state index contributed by atoms with van der Waals surface area (Å²) in [5.41, 5.74) is 0. The van der Waals surface area contributed by atoms with Crippen molar-refractivity contribution in [2.75, 3.05) is 0 Å². The van der Waals surface area contributed by atoms with Crippen LogP contribution in [0.4, 0.5) is 0 Å². The predicted octanol–water partition coefficient (Wildman–Crippen LogP) is 7.70. The molecule has 4 N–H and O–H groups in total. The molecule has 0 bridgehead atoms. The summed E-state index contributed by atoms with van der Waals surface area (Å²) in [4.78, 5) is 0. The van der Waals surface area contributed by atoms with Crippen LogP contribution in [0.3, 0.4) is 0 Å². The molecule has 0 fully saturated rings. The molecule has 0 aromatic heterocycles. The van der Waals surface area contributed by atoms with Gasteiger partial charge in [-0.05, 0) is 0 Å². The van der Waals surface area contributed by atoms with Gasteiger partial charge in [0.2, 0.25) is 0 Å². The van der Waals surface area contributed by atoms with Gasteiger partial charge in [0, 0.05) is 0 Å². The average Bonchev–Trinajstić information content (AvgIpc) is 2.45. The molecule has 0 saturated heterocycles. The third kappa shape index (κ3) is 21.5. The van der Waals surface area contributed by atoms with Gasteiger partial charge in [-0.2, -0.15) is 0 Å². The van der Waals surface area contributed by atoms with E-state index in [1.807, 2.05) is 0 Å². The number of unbranched alkanes of at least 4 members (excludes halogenated alkanes) is 3. The van der Waals surface area contributed by atoms with E-state index < -0.39 is 35.7 Å². The van der Waals surface area contributed by atoms with E-state index in [1.165, 1.54) is 38.5 Å². The van der Waals surface area contributed by atoms with Gasteiger partial charge in [0.05, 0.1) is 0 Å². The van der Waals surface area contributed by atoms with Gasteiger partial charge in [0.25, 0.3) is 0 Å². The molecule has 0 unspecified atom stereocenters. The molecule has 0 rings (SSSR count). The average molecular weight is 432 g/mol. The van der Waals surface area contributed by atoms with Crippen molar-refractivity contribution in [3.8, 4) is 0 Å². The SMILES string of the molecule is CCC[CH2][Ti]([CH2]CCC)[CH2]CCC.C[CH](C)[Ti]([CH](C)C)[CH](C)C.O.O. The van der Waals surface area contributed by atoms with E-state index in [4.69, 9.17) is 0 Å². The Kier molecular flexibility index (Phi) is 31.7. The summed E-state index contributed by atoms with van der Waals surface area (Å²) in [6.45, 7) is 21.4. The molecular formula is C21H52O2Ti2. The zero-order chi connectivity index (χ0) is 18.3. The van der Waals surface area contributed by atoms with Crippen molar-refractivity contribution < 1.29 is 46.7 Å². The van der Waals surface area contributed by atoms with E-state index in [0.717, 1.165) is 12.7 Å². The van der Waals surface area contributed by atoms with E-state index >= 15 is 0 Å². The summed E-state index contributed by atoms with van der Waals surface area (Å²) in [6, 6.07) is 0. The van der Waals surface area contributed by atoms with Crippen LogP contribution in [0.15, 0.2) is 0 Å². The normalized spacial score (nSPS) is 10.1. The summed E-state index contributed by atoms with van der Waals surface area (Å²) >= 11 is -1.27. The van der Waals surface area contributed by atoms with E-state index in [2.05, 4.69) is 62.3 Å². The Morgan fingerprint density at radius 1 is 0.520 bits per heavy atom. The van der Waals surface area contributed by atoms with Crippen molar-refractivity contribution >= 4 is 0 Å². The Labute approximate surface area is 173 Å². The van der Waals surface area contributed by atoms with Crippen molar-refractivity contribution in [2.45, 2.75) is 128 Å². The molecule has 2 nitrogen and oxygen atoms in total. The summed E-state index contributed by atoms with van der Waals surface area (Å²) in [7, 11) is 0. The summed E-state index contributed by atoms with van der Waals surface area (Å²) in [6.07, 6.45) is 8.78. The molecule has 0 heterocycles. The van der Waals surface area contributed by atoms with Crippen LogP contribution in [-0.2, 0) is 35.7 Å². The quantitative estimate of drug-likeness (QED) is 0.284. The number of hydrogen-bond acceptors (Lipinski definition) is 0. The van der Waals surface area contributed by atoms with Crippen LogP contribution in [-0.4, -0.2) is 11.0 Å². The second-order valence-corrected chi connectivity index (χ2v) is 19.7. The van der Waals surface area contributed by atoms with Crippen LogP contribution in [0, 0.1) is 0 Å². The first kappa shape index (κ1) is 33.9. The van der Waals surface area contributed by atoms with Gasteiger partial charge in [-0.1, -0.05) is 0 Å². The molecule has 0 atom stereocenters. The van der Waals surface area contributed by atoms with E-state index in [1.54, 1.807) is 14.2 Å². The van der Waals surface area contributed by atoms with Crippen LogP contribution in [0.25, 0.3) is 0 Å². The first-order chi connectivity index (χ1) is 10.8. The van der Waals surface area contributed by atoms with E-state index in [0.29, 0.717) is 0 Å². The molecule has 0 amide bonds. The second kappa shape index (κ2) is 23.4. The maximum Gasteiger partial charge on any atom is -0.412 e. The third-order valence-electron chi connectivity index (χ3n) is 4.65. The van der Waals surface area contributed by atoms with Gasteiger partial charge in [-0.25, -0.2) is 0 Å². The molecule has 0 aliphatic rings. The maximum absolute atomic E-state index is 2.40. The molecular weight excluding hydrogens is 380 g/mol. The smallest absolute Gasteiger partial charge is 0.412 e. The van der Waals surface area contributed by atoms with Crippen molar-refractivity contribution in [2.24, 2.45) is 0 Å². The summed E-state index contributed by atoms with van der Waals surface area (Å²) in [5.74, 6) is 0. The fourth-order valence-corrected chi connectivity index (χ4v) is 15.1. The molecule has 0 saturated carbocycles. The van der Waals surface area contributed by atoms with Crippen molar-refractivity contribution in [3.05, 3.63) is 0 Å². The Morgan fingerprint density at radius 3 is 0.880 bits per heavy atom. The van der Waals surface area contributed by atoms with Crippen LogP contribution in [0.2, 0.25) is 26.8 Å². The minimum Gasteiger partial charge on any atom is -0.412 e. The van der Waals surface area contributed by atoms with Gasteiger partial charge in [-0.15, -0.1) is 0 Å². The topological polar surface area (TPSA) is 63.0 Å². The van der Waals surface area contributed by atoms with Crippen LogP contribution in [0.1, 0.15) is 101 Å². The standard InChI is InChI=1S/3C4H9.3C3H7.2H2O.2Ti/c3*1-3-4-2;3*1-3-2;;;;/h3*1,3-4H2,2H3;3*3H,1-2H3;2*1H2;;. The maximum atomic E-state index is 2.40. The minimum absolute atomic E-state index is 0. The predicted molar refractivity (Wildman–Crippen MR) is 112 cm³/mol. The minimum atomic E-state index is -0.722. The van der Waals surface area contributed by atoms with Crippen molar-refractivity contribution in [3.63, 3.8) is 0 Å². The van der Waals surface area contributed by atoms with Crippen molar-refractivity contribution in [1.82, 2.24) is 0 Å². The van der Waals surface area contributed by atoms with Crippen LogP contribution in [0.5, 0.6) is 0 Å². The summed E-state index contributed by atoms with van der Waals surface area (Å²) in [5, 5.41) is 0. The monoisotopic (exact) mass is 432 g/mol. The Bertz CT molecular complexity index is 196. The molecule has 25 heavy (non-hydrogen) atoms. The molecule has 0 aromatic carbocycles. The molecule has 0 aliphatic carbocycles. The molecule has 0 aliphatic heterocycles. The molecule has 4 heteroatoms. The largest absolute Gasteiger partial charge is 0.412 e. The first-order valence-electron chi connectivity index (χ1n) is 10.5. The zero-order valence-electron chi connectivity index (χ0n) is 19.1. The Balaban J connectivity index is -0.000000168. The second-order valence-electron chi connectivity index (χ2n) is 8.02. The van der Waals surface area contributed by atoms with E-state index in [9.17, 15) is 0 Å². The third-order valence-corrected chi connectivity index (χ3v) is 15.9. The molecule has 0 spiro atoms. The van der Waals surface area contributed by atoms with Gasteiger partial charge >= 0.3 is 163 Å². The molecule has 0 aromatic rings. The van der Waals surface area contributed by atoms with Crippen molar-refractivity contribution in [1.29, 1.82) is 0 Å². The van der Waals surface area contributed by atoms with Gasteiger partial charge in [-0.3, -0.25) is 0 Å². The number of hydrogen-bond donors (Lipinski definition) is 0. The van der Waals surface area contributed by atoms with Gasteiger partial charge in [0.1, 0.15) is 0 Å². The zero-order valence-corrected chi connectivity index (χ0v) is 22.2. The first-order valence-corrected chi connectivity index (χ1v) is 16.5. The van der Waals surface area contributed by atoms with Crippen LogP contribution >= 0.6 is 0 Å². The van der Waals surface area contributed by atoms with Crippen LogP contribution < -0.4 is 0 Å². The fraction of sp³-hybridized carbons (Fsp3) is 1.00. The Hall–Kier alpha value is 1.35. The summed E-state index contributed by atoms with van der Waals surface area (Å²) < 4.78 is 7.95. The molecule has 156 valence electrons. The van der Waals surface area contributed by atoms with Gasteiger partial charge < -0.3 is 11.0 Å². The Morgan fingerprint density at radius 2 is 0.760 bits per heavy atom. The number of rotatable bonds is 12. The van der Waals surface area contributed by atoms with E-state index in [-0.39, 0.29) is 11.0 Å². The van der Waals surface area contributed by atoms with Gasteiger partial charge in [0.15, 0.2) is 0 Å².